The van der Waals surface area contributed by atoms with Crippen molar-refractivity contribution in [3.63, 3.8) is 0 Å². The minimum Gasteiger partial charge on any atom is -0.445 e. The molecule has 3 aromatic rings. The number of carbonyl (C=O) groups is 1. The van der Waals surface area contributed by atoms with Gasteiger partial charge in [-0.2, -0.15) is 0 Å². The first-order valence-corrected chi connectivity index (χ1v) is 8.97. The van der Waals surface area contributed by atoms with E-state index in [1.165, 1.54) is 30.1 Å². The van der Waals surface area contributed by atoms with Crippen molar-refractivity contribution in [3.8, 4) is 0 Å². The fourth-order valence-corrected chi connectivity index (χ4v) is 2.76. The predicted molar refractivity (Wildman–Crippen MR) is 95.9 cm³/mol. The van der Waals surface area contributed by atoms with E-state index in [1.807, 2.05) is 6.26 Å². The first-order valence-electron chi connectivity index (χ1n) is 7.74. The number of furan rings is 1. The Kier molecular flexibility index (Phi) is 5.89. The fourth-order valence-electron chi connectivity index (χ4n) is 2.33. The largest absolute Gasteiger partial charge is 0.445 e. The summed E-state index contributed by atoms with van der Waals surface area (Å²) in [5.41, 5.74) is 1.97. The van der Waals surface area contributed by atoms with Crippen molar-refractivity contribution in [2.75, 3.05) is 24.8 Å². The first-order chi connectivity index (χ1) is 13.0. The van der Waals surface area contributed by atoms with Gasteiger partial charge in [-0.25, -0.2) is 14.3 Å². The van der Waals surface area contributed by atoms with Crippen LogP contribution in [0.5, 0.6) is 0 Å². The second-order valence-electron chi connectivity index (χ2n) is 5.28. The van der Waals surface area contributed by atoms with Crippen LogP contribution in [0.25, 0.3) is 11.0 Å². The van der Waals surface area contributed by atoms with Gasteiger partial charge in [0.2, 0.25) is 5.76 Å². The second-order valence-corrected chi connectivity index (χ2v) is 6.16. The lowest BCUT2D eigenvalue weighted by molar-refractivity contribution is 0.0152. The van der Waals surface area contributed by atoms with Gasteiger partial charge in [0, 0.05) is 11.1 Å². The van der Waals surface area contributed by atoms with E-state index >= 15 is 0 Å². The molecule has 0 saturated carbocycles. The Hall–Kier alpha value is -2.69. The van der Waals surface area contributed by atoms with Crippen molar-refractivity contribution in [1.29, 1.82) is 0 Å². The molecule has 3 N–H and O–H groups in total. The zero-order chi connectivity index (χ0) is 19.4. The number of nitrogens with one attached hydrogen (secondary N) is 2. The van der Waals surface area contributed by atoms with Crippen LogP contribution in [0.2, 0.25) is 0 Å². The van der Waals surface area contributed by atoms with Gasteiger partial charge < -0.3 is 14.8 Å². The molecule has 142 valence electrons. The van der Waals surface area contributed by atoms with E-state index in [4.69, 9.17) is 14.4 Å². The van der Waals surface area contributed by atoms with Crippen molar-refractivity contribution in [1.82, 2.24) is 10.5 Å². The molecule has 3 rings (SSSR count). The second kappa shape index (κ2) is 8.33. The molecule has 0 unspecified atom stereocenters. The molecule has 10 heteroatoms. The lowest BCUT2D eigenvalue weighted by Crippen LogP contribution is -2.25. The van der Waals surface area contributed by atoms with E-state index in [1.54, 1.807) is 6.07 Å². The number of hydroxylamine groups is 1. The summed E-state index contributed by atoms with van der Waals surface area (Å²) in [7, 11) is 0. The maximum atomic E-state index is 14.3. The molecular formula is C17H15F2N3O4S. The quantitative estimate of drug-likeness (QED) is 0.321. The number of aliphatic hydroxyl groups excluding tert-OH is 1. The van der Waals surface area contributed by atoms with Crippen molar-refractivity contribution >= 4 is 40.0 Å². The van der Waals surface area contributed by atoms with E-state index in [0.29, 0.717) is 0 Å². The minimum atomic E-state index is -0.831. The summed E-state index contributed by atoms with van der Waals surface area (Å²) in [6.07, 6.45) is 4.05. The number of pyridine rings is 1. The molecule has 0 aliphatic heterocycles. The standard InChI is InChI=1S/C17H15F2N3O4S/c1-27-9-2-3-13(11(18)6-9)21-14-10-7-20-8-12(19)15(10)26-16(14)17(24)22-25-5-4-23/h2-3,6-8,21,23H,4-5H2,1H3,(H,22,24). The first kappa shape index (κ1) is 19.1. The Morgan fingerprint density at radius 3 is 2.85 bits per heavy atom. The molecule has 0 saturated heterocycles. The van der Waals surface area contributed by atoms with Crippen LogP contribution in [0.1, 0.15) is 10.6 Å². The Morgan fingerprint density at radius 1 is 1.33 bits per heavy atom. The van der Waals surface area contributed by atoms with Gasteiger partial charge >= 0.3 is 5.91 Å². The van der Waals surface area contributed by atoms with Crippen LogP contribution >= 0.6 is 11.8 Å². The third-order valence-corrected chi connectivity index (χ3v) is 4.28. The number of aliphatic hydroxyl groups is 1. The van der Waals surface area contributed by atoms with Gasteiger partial charge in [-0.3, -0.25) is 14.6 Å². The molecule has 2 heterocycles. The van der Waals surface area contributed by atoms with E-state index in [0.717, 1.165) is 11.1 Å². The zero-order valence-electron chi connectivity index (χ0n) is 14.1. The summed E-state index contributed by atoms with van der Waals surface area (Å²) in [6.45, 7) is -0.452. The minimum absolute atomic E-state index is 0.0397. The molecule has 0 atom stereocenters. The number of benzene rings is 1. The van der Waals surface area contributed by atoms with Crippen LogP contribution in [0.15, 0.2) is 39.9 Å². The lowest BCUT2D eigenvalue weighted by atomic mass is 10.2. The van der Waals surface area contributed by atoms with Gasteiger partial charge in [-0.05, 0) is 24.5 Å². The van der Waals surface area contributed by atoms with Crippen molar-refractivity contribution < 1.29 is 27.9 Å². The number of anilines is 2. The molecule has 0 spiro atoms. The van der Waals surface area contributed by atoms with Gasteiger partial charge in [0.05, 0.1) is 30.5 Å². The lowest BCUT2D eigenvalue weighted by Gasteiger charge is -2.09. The maximum Gasteiger partial charge on any atom is 0.312 e. The molecule has 27 heavy (non-hydrogen) atoms. The smallest absolute Gasteiger partial charge is 0.312 e. The summed E-state index contributed by atoms with van der Waals surface area (Å²) >= 11 is 1.38. The summed E-state index contributed by atoms with van der Waals surface area (Å²) in [5, 5.41) is 11.6. The number of nitrogens with zero attached hydrogens (tertiary/aromatic N) is 1. The van der Waals surface area contributed by atoms with Gasteiger partial charge in [-0.1, -0.05) is 0 Å². The third kappa shape index (κ3) is 4.02. The van der Waals surface area contributed by atoms with Crippen molar-refractivity contribution in [3.05, 3.63) is 48.0 Å². The van der Waals surface area contributed by atoms with Crippen molar-refractivity contribution in [2.45, 2.75) is 4.90 Å². The van der Waals surface area contributed by atoms with E-state index < -0.39 is 17.5 Å². The molecule has 2 aromatic heterocycles. The molecule has 1 amide bonds. The fraction of sp³-hybridized carbons (Fsp3) is 0.176. The van der Waals surface area contributed by atoms with Crippen LogP contribution in [0.4, 0.5) is 20.2 Å². The molecule has 0 radical (unpaired) electrons. The van der Waals surface area contributed by atoms with E-state index in [2.05, 4.69) is 15.8 Å². The Bertz CT molecular complexity index is 980. The molecule has 0 bridgehead atoms. The van der Waals surface area contributed by atoms with E-state index in [-0.39, 0.29) is 41.3 Å². The highest BCUT2D eigenvalue weighted by Gasteiger charge is 2.24. The summed E-state index contributed by atoms with van der Waals surface area (Å²) in [6, 6.07) is 4.52. The highest BCUT2D eigenvalue weighted by Crippen LogP contribution is 2.35. The number of thioether (sulfide) groups is 1. The Morgan fingerprint density at radius 2 is 2.15 bits per heavy atom. The number of fused-ring (bicyclic) bond motifs is 1. The number of hydrogen-bond donors (Lipinski definition) is 3. The summed E-state index contributed by atoms with van der Waals surface area (Å²) in [5.74, 6) is -2.47. The highest BCUT2D eigenvalue weighted by atomic mass is 32.2. The van der Waals surface area contributed by atoms with Crippen LogP contribution in [-0.4, -0.2) is 35.5 Å². The molecular weight excluding hydrogens is 380 g/mol. The number of halogens is 2. The average molecular weight is 395 g/mol. The number of amides is 1. The Balaban J connectivity index is 2.03. The van der Waals surface area contributed by atoms with E-state index in [9.17, 15) is 13.6 Å². The van der Waals surface area contributed by atoms with Gasteiger partial charge in [-0.15, -0.1) is 11.8 Å². The number of carbonyl (C=O) groups excluding carboxylic acids is 1. The molecule has 0 fully saturated rings. The third-order valence-electron chi connectivity index (χ3n) is 3.55. The SMILES string of the molecule is CSc1ccc(Nc2c(C(=O)NOCCO)oc3c(F)cncc23)c(F)c1. The summed E-state index contributed by atoms with van der Waals surface area (Å²) in [4.78, 5) is 21.5. The van der Waals surface area contributed by atoms with Gasteiger partial charge in [0.25, 0.3) is 0 Å². The highest BCUT2D eigenvalue weighted by molar-refractivity contribution is 7.98. The monoisotopic (exact) mass is 395 g/mol. The van der Waals surface area contributed by atoms with Crippen LogP contribution in [0.3, 0.4) is 0 Å². The average Bonchev–Trinajstić information content (AvgIpc) is 3.03. The number of aromatic nitrogens is 1. The maximum absolute atomic E-state index is 14.3. The van der Waals surface area contributed by atoms with Gasteiger partial charge in [0.15, 0.2) is 11.4 Å². The normalized spacial score (nSPS) is 11.0. The van der Waals surface area contributed by atoms with Crippen molar-refractivity contribution in [2.24, 2.45) is 0 Å². The van der Waals surface area contributed by atoms with Crippen LogP contribution < -0.4 is 10.8 Å². The molecule has 7 nitrogen and oxygen atoms in total. The molecule has 1 aromatic carbocycles. The molecule has 0 aliphatic carbocycles. The number of rotatable bonds is 7. The van der Waals surface area contributed by atoms with Crippen LogP contribution in [0, 0.1) is 11.6 Å². The van der Waals surface area contributed by atoms with Gasteiger partial charge in [0.1, 0.15) is 11.5 Å². The predicted octanol–water partition coefficient (Wildman–Crippen LogP) is 3.23. The van der Waals surface area contributed by atoms with Crippen LogP contribution in [-0.2, 0) is 4.84 Å². The number of hydrogen-bond acceptors (Lipinski definition) is 7. The Labute approximate surface area is 156 Å². The zero-order valence-corrected chi connectivity index (χ0v) is 14.9. The molecule has 0 aliphatic rings. The summed E-state index contributed by atoms with van der Waals surface area (Å²) < 4.78 is 33.7. The topological polar surface area (TPSA) is 96.6 Å².